The van der Waals surface area contributed by atoms with Crippen molar-refractivity contribution in [2.45, 2.75) is 31.8 Å². The monoisotopic (exact) mass is 400 g/mol. The Morgan fingerprint density at radius 1 is 1.10 bits per heavy atom. The van der Waals surface area contributed by atoms with Crippen LogP contribution in [0.3, 0.4) is 0 Å². The quantitative estimate of drug-likeness (QED) is 0.701. The van der Waals surface area contributed by atoms with Gasteiger partial charge in [-0.15, -0.1) is 0 Å². The Balaban J connectivity index is 1.33. The van der Waals surface area contributed by atoms with Gasteiger partial charge >= 0.3 is 6.03 Å². The molecule has 8 heteroatoms. The van der Waals surface area contributed by atoms with Gasteiger partial charge in [-0.3, -0.25) is 10.1 Å². The van der Waals surface area contributed by atoms with Gasteiger partial charge in [-0.2, -0.15) is 0 Å². The predicted octanol–water partition coefficient (Wildman–Crippen LogP) is 1.19. The standard InChI is InChI=1S/C21H25N3O5/c25-20(23-21(26)22-13-16-4-2-9-27-16)14-24-8-1-5-17(24)15-6-7-18-19(12-15)29-11-3-10-28-18/h2,4,6-7,9,12,17H,1,3,5,8,10-11,13-14H2,(H2,22,23,25,26)/p+1/t17-/m1/s1. The summed E-state index contributed by atoms with van der Waals surface area (Å²) < 4.78 is 16.7. The van der Waals surface area contributed by atoms with Crippen LogP contribution in [0.15, 0.2) is 41.0 Å². The van der Waals surface area contributed by atoms with E-state index in [9.17, 15) is 9.59 Å². The highest BCUT2D eigenvalue weighted by molar-refractivity contribution is 5.94. The van der Waals surface area contributed by atoms with Crippen molar-refractivity contribution >= 4 is 11.9 Å². The molecule has 29 heavy (non-hydrogen) atoms. The van der Waals surface area contributed by atoms with E-state index in [1.54, 1.807) is 12.1 Å². The van der Waals surface area contributed by atoms with Crippen LogP contribution in [0.2, 0.25) is 0 Å². The van der Waals surface area contributed by atoms with Gasteiger partial charge in [-0.25, -0.2) is 4.79 Å². The highest BCUT2D eigenvalue weighted by Gasteiger charge is 2.32. The third-order valence-electron chi connectivity index (χ3n) is 5.30. The first kappa shape index (κ1) is 19.3. The van der Waals surface area contributed by atoms with Crippen LogP contribution in [0.5, 0.6) is 11.5 Å². The number of imide groups is 1. The lowest BCUT2D eigenvalue weighted by Gasteiger charge is -2.22. The smallest absolute Gasteiger partial charge is 0.321 e. The molecule has 2 aliphatic heterocycles. The molecule has 1 aromatic carbocycles. The van der Waals surface area contributed by atoms with Gasteiger partial charge in [-0.05, 0) is 30.3 Å². The van der Waals surface area contributed by atoms with Crippen LogP contribution in [0, 0.1) is 0 Å². The molecule has 0 radical (unpaired) electrons. The first-order valence-corrected chi connectivity index (χ1v) is 10.0. The van der Waals surface area contributed by atoms with Crippen molar-refractivity contribution in [3.05, 3.63) is 47.9 Å². The summed E-state index contributed by atoms with van der Waals surface area (Å²) in [7, 11) is 0. The van der Waals surface area contributed by atoms with E-state index in [4.69, 9.17) is 13.9 Å². The van der Waals surface area contributed by atoms with E-state index in [2.05, 4.69) is 16.7 Å². The number of hydrogen-bond donors (Lipinski definition) is 3. The number of carbonyl (C=O) groups excluding carboxylic acids is 2. The van der Waals surface area contributed by atoms with Crippen LogP contribution < -0.4 is 25.0 Å². The van der Waals surface area contributed by atoms with E-state index in [1.165, 1.54) is 6.26 Å². The normalized spacial score (nSPS) is 20.7. The first-order chi connectivity index (χ1) is 14.2. The van der Waals surface area contributed by atoms with Crippen LogP contribution in [-0.4, -0.2) is 38.2 Å². The minimum Gasteiger partial charge on any atom is -0.490 e. The fourth-order valence-corrected chi connectivity index (χ4v) is 3.92. The van der Waals surface area contributed by atoms with Crippen molar-refractivity contribution < 1.29 is 28.4 Å². The molecule has 154 valence electrons. The zero-order valence-electron chi connectivity index (χ0n) is 16.2. The average molecular weight is 400 g/mol. The summed E-state index contributed by atoms with van der Waals surface area (Å²) in [5.74, 6) is 1.88. The second kappa shape index (κ2) is 9.00. The summed E-state index contributed by atoms with van der Waals surface area (Å²) in [5, 5.41) is 5.02. The number of rotatable bonds is 5. The van der Waals surface area contributed by atoms with Gasteiger partial charge in [0.2, 0.25) is 0 Å². The van der Waals surface area contributed by atoms with Crippen LogP contribution in [-0.2, 0) is 11.3 Å². The Hall–Kier alpha value is -3.00. The van der Waals surface area contributed by atoms with Crippen LogP contribution in [0.25, 0.3) is 0 Å². The van der Waals surface area contributed by atoms with Gasteiger partial charge in [-0.1, -0.05) is 0 Å². The van der Waals surface area contributed by atoms with Crippen molar-refractivity contribution in [1.29, 1.82) is 0 Å². The molecule has 3 heterocycles. The number of nitrogens with one attached hydrogen (secondary N) is 3. The van der Waals surface area contributed by atoms with E-state index in [0.29, 0.717) is 19.0 Å². The second-order valence-corrected chi connectivity index (χ2v) is 7.35. The van der Waals surface area contributed by atoms with Crippen molar-refractivity contribution in [2.24, 2.45) is 0 Å². The molecule has 0 aliphatic carbocycles. The molecule has 3 amide bonds. The molecule has 1 fully saturated rings. The third kappa shape index (κ3) is 4.89. The van der Waals surface area contributed by atoms with E-state index < -0.39 is 6.03 Å². The SMILES string of the molecule is O=C(C[NH+]1CCC[C@@H]1c1ccc2c(c1)OCCCO2)NC(=O)NCc1ccco1. The summed E-state index contributed by atoms with van der Waals surface area (Å²) in [4.78, 5) is 25.5. The topological polar surface area (TPSA) is 94.2 Å². The van der Waals surface area contributed by atoms with E-state index in [0.717, 1.165) is 47.8 Å². The van der Waals surface area contributed by atoms with Crippen molar-refractivity contribution in [2.75, 3.05) is 26.3 Å². The van der Waals surface area contributed by atoms with Gasteiger partial charge in [0.25, 0.3) is 5.91 Å². The molecule has 8 nitrogen and oxygen atoms in total. The Morgan fingerprint density at radius 3 is 2.79 bits per heavy atom. The summed E-state index contributed by atoms with van der Waals surface area (Å²) in [6.45, 7) is 2.68. The molecule has 0 saturated carbocycles. The maximum atomic E-state index is 12.4. The molecule has 2 aromatic rings. The Kier molecular flexibility index (Phi) is 6.00. The van der Waals surface area contributed by atoms with E-state index in [1.807, 2.05) is 12.1 Å². The molecular weight excluding hydrogens is 374 g/mol. The van der Waals surface area contributed by atoms with Gasteiger partial charge in [0.05, 0.1) is 32.6 Å². The van der Waals surface area contributed by atoms with Crippen LogP contribution >= 0.6 is 0 Å². The molecule has 0 spiro atoms. The van der Waals surface area contributed by atoms with Gasteiger partial charge in [0, 0.05) is 24.8 Å². The van der Waals surface area contributed by atoms with Crippen molar-refractivity contribution in [3.63, 3.8) is 0 Å². The predicted molar refractivity (Wildman–Crippen MR) is 104 cm³/mol. The zero-order valence-corrected chi connectivity index (χ0v) is 16.2. The maximum absolute atomic E-state index is 12.4. The number of benzene rings is 1. The molecule has 3 N–H and O–H groups in total. The fourth-order valence-electron chi connectivity index (χ4n) is 3.92. The lowest BCUT2D eigenvalue weighted by atomic mass is 10.0. The number of fused-ring (bicyclic) bond motifs is 1. The minimum absolute atomic E-state index is 0.198. The zero-order chi connectivity index (χ0) is 20.1. The van der Waals surface area contributed by atoms with Gasteiger partial charge < -0.3 is 24.1 Å². The summed E-state index contributed by atoms with van der Waals surface area (Å²) in [6.07, 6.45) is 4.43. The Morgan fingerprint density at radius 2 is 1.97 bits per heavy atom. The first-order valence-electron chi connectivity index (χ1n) is 10.0. The lowest BCUT2D eigenvalue weighted by molar-refractivity contribution is -0.910. The molecule has 1 unspecified atom stereocenters. The molecule has 1 saturated heterocycles. The number of amides is 3. The molecule has 2 aliphatic rings. The van der Waals surface area contributed by atoms with Crippen LogP contribution in [0.4, 0.5) is 4.79 Å². The van der Waals surface area contributed by atoms with E-state index in [-0.39, 0.29) is 25.0 Å². The van der Waals surface area contributed by atoms with Crippen molar-refractivity contribution in [1.82, 2.24) is 10.6 Å². The fraction of sp³-hybridized carbons (Fsp3) is 0.429. The maximum Gasteiger partial charge on any atom is 0.321 e. The van der Waals surface area contributed by atoms with Gasteiger partial charge in [0.1, 0.15) is 11.8 Å². The summed E-state index contributed by atoms with van der Waals surface area (Å²) in [5.41, 5.74) is 1.14. The highest BCUT2D eigenvalue weighted by Crippen LogP contribution is 2.33. The number of ether oxygens (including phenoxy) is 2. The number of likely N-dealkylation sites (tertiary alicyclic amines) is 1. The summed E-state index contributed by atoms with van der Waals surface area (Å²) >= 11 is 0. The van der Waals surface area contributed by atoms with Crippen molar-refractivity contribution in [3.8, 4) is 11.5 Å². The Bertz CT molecular complexity index is 852. The number of hydrogen-bond acceptors (Lipinski definition) is 5. The number of quaternary nitrogens is 1. The average Bonchev–Trinajstić information content (AvgIpc) is 3.33. The third-order valence-corrected chi connectivity index (χ3v) is 5.30. The second-order valence-electron chi connectivity index (χ2n) is 7.35. The molecular formula is C21H26N3O5+. The Labute approximate surface area is 169 Å². The lowest BCUT2D eigenvalue weighted by Crippen LogP contribution is -3.11. The summed E-state index contributed by atoms with van der Waals surface area (Å²) in [6, 6.07) is 9.23. The number of carbonyl (C=O) groups is 2. The van der Waals surface area contributed by atoms with E-state index >= 15 is 0 Å². The number of furan rings is 1. The molecule has 2 atom stereocenters. The molecule has 1 aromatic heterocycles. The van der Waals surface area contributed by atoms with Crippen LogP contribution in [0.1, 0.15) is 36.6 Å². The highest BCUT2D eigenvalue weighted by atomic mass is 16.5. The van der Waals surface area contributed by atoms with Gasteiger partial charge in [0.15, 0.2) is 18.0 Å². The molecule has 0 bridgehead atoms. The molecule has 4 rings (SSSR count). The minimum atomic E-state index is -0.517. The largest absolute Gasteiger partial charge is 0.490 e. The number of urea groups is 1.